The Morgan fingerprint density at radius 2 is 2.16 bits per heavy atom. The molecule has 3 nitrogen and oxygen atoms in total. The molecule has 0 saturated heterocycles. The molecule has 1 aromatic rings. The lowest BCUT2D eigenvalue weighted by Crippen LogP contribution is -2.36. The normalized spacial score (nSPS) is 23.9. The van der Waals surface area contributed by atoms with E-state index in [1.807, 2.05) is 0 Å². The maximum atomic E-state index is 5.74. The van der Waals surface area contributed by atoms with E-state index in [1.54, 1.807) is 0 Å². The number of rotatable bonds is 7. The number of nitrogens with two attached hydrogens (primary N) is 1. The van der Waals surface area contributed by atoms with Gasteiger partial charge in [0.2, 0.25) is 0 Å². The summed E-state index contributed by atoms with van der Waals surface area (Å²) < 4.78 is 5.61. The highest BCUT2D eigenvalue weighted by molar-refractivity contribution is 5.26. The monoisotopic (exact) mass is 262 g/mol. The van der Waals surface area contributed by atoms with Crippen LogP contribution in [0.15, 0.2) is 24.3 Å². The summed E-state index contributed by atoms with van der Waals surface area (Å²) in [6, 6.07) is 9.00. The first kappa shape index (κ1) is 14.5. The zero-order valence-corrected chi connectivity index (χ0v) is 12.1. The molecule has 2 rings (SSSR count). The van der Waals surface area contributed by atoms with Gasteiger partial charge in [-0.1, -0.05) is 31.2 Å². The van der Waals surface area contributed by atoms with Gasteiger partial charge in [-0.3, -0.25) is 11.3 Å². The second-order valence-corrected chi connectivity index (χ2v) is 5.47. The highest BCUT2D eigenvalue weighted by atomic mass is 16.5. The maximum Gasteiger partial charge on any atom is 0.0580 e. The summed E-state index contributed by atoms with van der Waals surface area (Å²) in [5.74, 6) is 6.47. The molecule has 3 N–H and O–H groups in total. The number of ether oxygens (including phenoxy) is 1. The molecule has 1 atom stereocenters. The van der Waals surface area contributed by atoms with E-state index in [2.05, 4.69) is 43.5 Å². The SMILES string of the molecule is CCOC1CC(CC(NN)c2cccc(CC)c2)C1. The highest BCUT2D eigenvalue weighted by Gasteiger charge is 2.31. The molecule has 1 aromatic carbocycles. The molecule has 1 fully saturated rings. The van der Waals surface area contributed by atoms with Crippen LogP contribution in [0.5, 0.6) is 0 Å². The number of nitrogens with one attached hydrogen (secondary N) is 1. The van der Waals surface area contributed by atoms with Gasteiger partial charge in [-0.15, -0.1) is 0 Å². The molecule has 0 heterocycles. The van der Waals surface area contributed by atoms with Crippen LogP contribution in [0.3, 0.4) is 0 Å². The van der Waals surface area contributed by atoms with E-state index in [4.69, 9.17) is 10.6 Å². The van der Waals surface area contributed by atoms with E-state index >= 15 is 0 Å². The van der Waals surface area contributed by atoms with Crippen molar-refractivity contribution in [1.29, 1.82) is 0 Å². The van der Waals surface area contributed by atoms with Gasteiger partial charge in [0.05, 0.1) is 6.10 Å². The zero-order valence-electron chi connectivity index (χ0n) is 12.1. The topological polar surface area (TPSA) is 47.3 Å². The summed E-state index contributed by atoms with van der Waals surface area (Å²) in [6.07, 6.45) is 5.02. The Labute approximate surface area is 116 Å². The molecular formula is C16H26N2O. The molecule has 0 radical (unpaired) electrons. The minimum atomic E-state index is 0.263. The number of hydrogen-bond donors (Lipinski definition) is 2. The third-order valence-electron chi connectivity index (χ3n) is 4.13. The molecule has 1 aliphatic carbocycles. The fraction of sp³-hybridized carbons (Fsp3) is 0.625. The van der Waals surface area contributed by atoms with Gasteiger partial charge in [-0.25, -0.2) is 0 Å². The fourth-order valence-corrected chi connectivity index (χ4v) is 2.90. The minimum absolute atomic E-state index is 0.263. The molecule has 3 heteroatoms. The van der Waals surface area contributed by atoms with Crippen LogP contribution >= 0.6 is 0 Å². The van der Waals surface area contributed by atoms with E-state index in [0.717, 1.165) is 25.4 Å². The standard InChI is InChI=1S/C16H26N2O/c1-3-12-6-5-7-14(8-12)16(18-17)11-13-9-15(10-13)19-4-2/h5-8,13,15-16,18H,3-4,9-11,17H2,1-2H3. The average molecular weight is 262 g/mol. The second kappa shape index (κ2) is 7.04. The molecule has 106 valence electrons. The summed E-state index contributed by atoms with van der Waals surface area (Å²) in [5.41, 5.74) is 5.66. The Kier molecular flexibility index (Phi) is 5.37. The summed E-state index contributed by atoms with van der Waals surface area (Å²) in [7, 11) is 0. The minimum Gasteiger partial charge on any atom is -0.378 e. The smallest absolute Gasteiger partial charge is 0.0580 e. The predicted octanol–water partition coefficient (Wildman–Crippen LogP) is 2.96. The first-order chi connectivity index (χ1) is 9.26. The summed E-state index contributed by atoms with van der Waals surface area (Å²) in [5, 5.41) is 0. The van der Waals surface area contributed by atoms with Gasteiger partial charge >= 0.3 is 0 Å². The Bertz CT molecular complexity index is 388. The molecule has 1 aliphatic rings. The Morgan fingerprint density at radius 1 is 1.37 bits per heavy atom. The average Bonchev–Trinajstić information content (AvgIpc) is 2.41. The van der Waals surface area contributed by atoms with Gasteiger partial charge < -0.3 is 4.74 Å². The lowest BCUT2D eigenvalue weighted by molar-refractivity contribution is -0.0291. The van der Waals surface area contributed by atoms with Crippen molar-refractivity contribution in [3.05, 3.63) is 35.4 Å². The first-order valence-corrected chi connectivity index (χ1v) is 7.43. The van der Waals surface area contributed by atoms with Crippen LogP contribution in [0, 0.1) is 5.92 Å². The second-order valence-electron chi connectivity index (χ2n) is 5.47. The predicted molar refractivity (Wildman–Crippen MR) is 78.6 cm³/mol. The van der Waals surface area contributed by atoms with Gasteiger partial charge in [0.25, 0.3) is 0 Å². The van der Waals surface area contributed by atoms with Crippen LogP contribution in [0.1, 0.15) is 50.3 Å². The van der Waals surface area contributed by atoms with Crippen LogP contribution in [-0.4, -0.2) is 12.7 Å². The zero-order chi connectivity index (χ0) is 13.7. The van der Waals surface area contributed by atoms with Gasteiger partial charge in [-0.2, -0.15) is 0 Å². The quantitative estimate of drug-likeness (QED) is 0.586. The van der Waals surface area contributed by atoms with E-state index in [-0.39, 0.29) is 6.04 Å². The third kappa shape index (κ3) is 3.78. The van der Waals surface area contributed by atoms with Crippen LogP contribution in [-0.2, 0) is 11.2 Å². The summed E-state index contributed by atoms with van der Waals surface area (Å²) >= 11 is 0. The largest absolute Gasteiger partial charge is 0.378 e. The van der Waals surface area contributed by atoms with E-state index in [9.17, 15) is 0 Å². The molecule has 0 aliphatic heterocycles. The van der Waals surface area contributed by atoms with Gasteiger partial charge in [0, 0.05) is 12.6 Å². The van der Waals surface area contributed by atoms with Crippen molar-refractivity contribution in [3.63, 3.8) is 0 Å². The lowest BCUT2D eigenvalue weighted by Gasteiger charge is -2.37. The third-order valence-corrected chi connectivity index (χ3v) is 4.13. The van der Waals surface area contributed by atoms with Crippen molar-refractivity contribution < 1.29 is 4.74 Å². The Balaban J connectivity index is 1.90. The van der Waals surface area contributed by atoms with Crippen molar-refractivity contribution in [2.24, 2.45) is 11.8 Å². The van der Waals surface area contributed by atoms with Crippen molar-refractivity contribution in [2.45, 2.75) is 51.7 Å². The van der Waals surface area contributed by atoms with Crippen LogP contribution in [0.25, 0.3) is 0 Å². The molecule has 0 amide bonds. The number of hydrogen-bond acceptors (Lipinski definition) is 3. The molecular weight excluding hydrogens is 236 g/mol. The Morgan fingerprint density at radius 3 is 2.79 bits per heavy atom. The van der Waals surface area contributed by atoms with Crippen molar-refractivity contribution in [2.75, 3.05) is 6.61 Å². The number of benzene rings is 1. The fourth-order valence-electron chi connectivity index (χ4n) is 2.90. The van der Waals surface area contributed by atoms with Crippen molar-refractivity contribution >= 4 is 0 Å². The first-order valence-electron chi connectivity index (χ1n) is 7.43. The highest BCUT2D eigenvalue weighted by Crippen LogP contribution is 2.36. The number of hydrazine groups is 1. The van der Waals surface area contributed by atoms with Gasteiger partial charge in [-0.05, 0) is 49.7 Å². The van der Waals surface area contributed by atoms with Crippen molar-refractivity contribution in [3.8, 4) is 0 Å². The van der Waals surface area contributed by atoms with E-state index in [1.165, 1.54) is 24.0 Å². The van der Waals surface area contributed by atoms with Crippen LogP contribution in [0.2, 0.25) is 0 Å². The molecule has 1 unspecified atom stereocenters. The molecule has 0 bridgehead atoms. The summed E-state index contributed by atoms with van der Waals surface area (Å²) in [4.78, 5) is 0. The summed E-state index contributed by atoms with van der Waals surface area (Å²) in [6.45, 7) is 5.07. The molecule has 0 aromatic heterocycles. The van der Waals surface area contributed by atoms with Crippen molar-refractivity contribution in [1.82, 2.24) is 5.43 Å². The van der Waals surface area contributed by atoms with Crippen LogP contribution < -0.4 is 11.3 Å². The van der Waals surface area contributed by atoms with E-state index < -0.39 is 0 Å². The molecule has 0 spiro atoms. The van der Waals surface area contributed by atoms with Gasteiger partial charge in [0.1, 0.15) is 0 Å². The molecule has 1 saturated carbocycles. The lowest BCUT2D eigenvalue weighted by atomic mass is 9.77. The van der Waals surface area contributed by atoms with E-state index in [0.29, 0.717) is 6.10 Å². The maximum absolute atomic E-state index is 5.74. The van der Waals surface area contributed by atoms with Crippen LogP contribution in [0.4, 0.5) is 0 Å². The van der Waals surface area contributed by atoms with Gasteiger partial charge in [0.15, 0.2) is 0 Å². The molecule has 19 heavy (non-hydrogen) atoms. The number of aryl methyl sites for hydroxylation is 1. The Hall–Kier alpha value is -0.900.